The summed E-state index contributed by atoms with van der Waals surface area (Å²) in [7, 11) is 1.38. The first-order valence-electron chi connectivity index (χ1n) is 8.57. The van der Waals surface area contributed by atoms with Gasteiger partial charge in [0.2, 0.25) is 0 Å². The number of carbonyl (C=O) groups is 3. The van der Waals surface area contributed by atoms with Gasteiger partial charge in [-0.15, -0.1) is 0 Å². The number of methoxy groups -OCH3 is 1. The van der Waals surface area contributed by atoms with Crippen LogP contribution in [0.4, 0.5) is 5.69 Å². The first-order chi connectivity index (χ1) is 14.3. The second-order valence-corrected chi connectivity index (χ2v) is 6.88. The summed E-state index contributed by atoms with van der Waals surface area (Å²) in [6.45, 7) is -0.388. The van der Waals surface area contributed by atoms with E-state index in [-0.39, 0.29) is 33.8 Å². The average Bonchev–Trinajstić information content (AvgIpc) is 2.70. The number of rotatable bonds is 6. The SMILES string of the molecule is COc1cc(/C=C2/C(=O)NC(=S)N(c3ccccc3)C2=O)cc(Cl)c1OCC(N)=O. The predicted molar refractivity (Wildman–Crippen MR) is 115 cm³/mol. The van der Waals surface area contributed by atoms with Crippen LogP contribution >= 0.6 is 23.8 Å². The van der Waals surface area contributed by atoms with Gasteiger partial charge >= 0.3 is 0 Å². The summed E-state index contributed by atoms with van der Waals surface area (Å²) in [5.41, 5.74) is 5.86. The third-order valence-corrected chi connectivity index (χ3v) is 4.60. The maximum atomic E-state index is 13.0. The van der Waals surface area contributed by atoms with E-state index in [2.05, 4.69) is 5.32 Å². The topological polar surface area (TPSA) is 111 Å². The maximum Gasteiger partial charge on any atom is 0.270 e. The number of nitrogens with zero attached hydrogens (tertiary/aromatic N) is 1. The Bertz CT molecular complexity index is 1070. The number of halogens is 1. The summed E-state index contributed by atoms with van der Waals surface area (Å²) in [4.78, 5) is 37.6. The van der Waals surface area contributed by atoms with Gasteiger partial charge in [-0.1, -0.05) is 29.8 Å². The third-order valence-electron chi connectivity index (χ3n) is 4.04. The molecular weight excluding hydrogens is 430 g/mol. The lowest BCUT2D eigenvalue weighted by Crippen LogP contribution is -2.54. The number of hydrogen-bond donors (Lipinski definition) is 2. The van der Waals surface area contributed by atoms with Gasteiger partial charge in [0.25, 0.3) is 17.7 Å². The summed E-state index contributed by atoms with van der Waals surface area (Å²) >= 11 is 11.4. The largest absolute Gasteiger partial charge is 0.493 e. The fourth-order valence-electron chi connectivity index (χ4n) is 2.74. The molecule has 0 spiro atoms. The van der Waals surface area contributed by atoms with E-state index in [0.717, 1.165) is 0 Å². The van der Waals surface area contributed by atoms with Gasteiger partial charge in [-0.2, -0.15) is 0 Å². The van der Waals surface area contributed by atoms with Crippen molar-refractivity contribution in [2.24, 2.45) is 5.73 Å². The third kappa shape index (κ3) is 4.42. The van der Waals surface area contributed by atoms with Crippen molar-refractivity contribution in [3.05, 3.63) is 58.6 Å². The molecule has 1 saturated heterocycles. The van der Waals surface area contributed by atoms with Crippen LogP contribution in [0.2, 0.25) is 5.02 Å². The van der Waals surface area contributed by atoms with E-state index >= 15 is 0 Å². The highest BCUT2D eigenvalue weighted by atomic mass is 35.5. The van der Waals surface area contributed by atoms with E-state index in [9.17, 15) is 14.4 Å². The van der Waals surface area contributed by atoms with E-state index in [1.54, 1.807) is 30.3 Å². The van der Waals surface area contributed by atoms with Crippen LogP contribution < -0.4 is 25.4 Å². The molecule has 0 radical (unpaired) electrons. The zero-order valence-electron chi connectivity index (χ0n) is 15.7. The number of nitrogens with one attached hydrogen (secondary N) is 1. The van der Waals surface area contributed by atoms with Crippen LogP contribution in [0.3, 0.4) is 0 Å². The van der Waals surface area contributed by atoms with Crippen molar-refractivity contribution in [2.45, 2.75) is 0 Å². The molecule has 1 heterocycles. The number of ether oxygens (including phenoxy) is 2. The molecule has 0 atom stereocenters. The van der Waals surface area contributed by atoms with E-state index in [1.165, 1.54) is 30.2 Å². The Morgan fingerprint density at radius 2 is 1.97 bits per heavy atom. The Balaban J connectivity index is 1.99. The Hall–Kier alpha value is -3.43. The number of para-hydroxylation sites is 1. The molecule has 0 aliphatic carbocycles. The minimum Gasteiger partial charge on any atom is -0.493 e. The average molecular weight is 446 g/mol. The molecule has 154 valence electrons. The second-order valence-electron chi connectivity index (χ2n) is 6.08. The fourth-order valence-corrected chi connectivity index (χ4v) is 3.30. The number of amides is 3. The second kappa shape index (κ2) is 8.93. The first-order valence-corrected chi connectivity index (χ1v) is 9.35. The van der Waals surface area contributed by atoms with Crippen LogP contribution in [0.25, 0.3) is 6.08 Å². The van der Waals surface area contributed by atoms with Gasteiger partial charge in [0, 0.05) is 0 Å². The zero-order valence-corrected chi connectivity index (χ0v) is 17.3. The summed E-state index contributed by atoms with van der Waals surface area (Å²) in [6.07, 6.45) is 1.36. The zero-order chi connectivity index (χ0) is 21.8. The molecule has 3 N–H and O–H groups in total. The number of thiocarbonyl (C=S) groups is 1. The molecule has 2 aromatic rings. The lowest BCUT2D eigenvalue weighted by Gasteiger charge is -2.28. The van der Waals surface area contributed by atoms with Gasteiger partial charge in [0.15, 0.2) is 23.2 Å². The number of primary amides is 1. The molecule has 30 heavy (non-hydrogen) atoms. The van der Waals surface area contributed by atoms with Crippen LogP contribution in [0, 0.1) is 0 Å². The van der Waals surface area contributed by atoms with E-state index in [1.807, 2.05) is 0 Å². The summed E-state index contributed by atoms with van der Waals surface area (Å²) in [5, 5.41) is 2.60. The molecule has 1 aliphatic heterocycles. The Morgan fingerprint density at radius 1 is 1.27 bits per heavy atom. The van der Waals surface area contributed by atoms with Crippen LogP contribution in [0.15, 0.2) is 48.0 Å². The molecule has 1 fully saturated rings. The lowest BCUT2D eigenvalue weighted by molar-refractivity contribution is -0.122. The molecule has 1 aliphatic rings. The molecular formula is C20H16ClN3O5S. The van der Waals surface area contributed by atoms with Crippen molar-refractivity contribution in [1.82, 2.24) is 5.32 Å². The van der Waals surface area contributed by atoms with Crippen LogP contribution in [-0.4, -0.2) is 36.6 Å². The molecule has 3 amide bonds. The molecule has 0 bridgehead atoms. The number of hydrogen-bond acceptors (Lipinski definition) is 6. The van der Waals surface area contributed by atoms with Crippen molar-refractivity contribution >= 4 is 58.4 Å². The quantitative estimate of drug-likeness (QED) is 0.400. The lowest BCUT2D eigenvalue weighted by atomic mass is 10.1. The van der Waals surface area contributed by atoms with Crippen LogP contribution in [0.1, 0.15) is 5.56 Å². The normalized spacial score (nSPS) is 15.2. The van der Waals surface area contributed by atoms with E-state index < -0.39 is 17.7 Å². The predicted octanol–water partition coefficient (Wildman–Crippen LogP) is 2.04. The highest BCUT2D eigenvalue weighted by Crippen LogP contribution is 2.37. The molecule has 8 nitrogen and oxygen atoms in total. The van der Waals surface area contributed by atoms with Crippen molar-refractivity contribution in [2.75, 3.05) is 18.6 Å². The van der Waals surface area contributed by atoms with Crippen molar-refractivity contribution in [3.8, 4) is 11.5 Å². The molecule has 0 aromatic heterocycles. The number of benzene rings is 2. The van der Waals surface area contributed by atoms with Crippen molar-refractivity contribution in [3.63, 3.8) is 0 Å². The molecule has 0 unspecified atom stereocenters. The van der Waals surface area contributed by atoms with Gasteiger partial charge in [-0.25, -0.2) is 0 Å². The van der Waals surface area contributed by atoms with Crippen molar-refractivity contribution in [1.29, 1.82) is 0 Å². The highest BCUT2D eigenvalue weighted by molar-refractivity contribution is 7.80. The van der Waals surface area contributed by atoms with Gasteiger partial charge < -0.3 is 15.2 Å². The Labute approximate surface area is 182 Å². The monoisotopic (exact) mass is 445 g/mol. The Morgan fingerprint density at radius 3 is 2.60 bits per heavy atom. The van der Waals surface area contributed by atoms with Gasteiger partial charge in [0.1, 0.15) is 5.57 Å². The molecule has 0 saturated carbocycles. The standard InChI is InChI=1S/C20H16ClN3O5S/c1-28-15-9-11(8-14(21)17(15)29-10-16(22)25)7-13-18(26)23-20(30)24(19(13)27)12-5-3-2-4-6-12/h2-9H,10H2,1H3,(H2,22,25)(H,23,26,30)/b13-7-. The van der Waals surface area contributed by atoms with E-state index in [0.29, 0.717) is 11.3 Å². The van der Waals surface area contributed by atoms with E-state index in [4.69, 9.17) is 39.0 Å². The summed E-state index contributed by atoms with van der Waals surface area (Å²) in [6, 6.07) is 11.7. The smallest absolute Gasteiger partial charge is 0.270 e. The molecule has 3 rings (SSSR count). The highest BCUT2D eigenvalue weighted by Gasteiger charge is 2.34. The Kier molecular flexibility index (Phi) is 6.34. The fraction of sp³-hybridized carbons (Fsp3) is 0.100. The number of carbonyl (C=O) groups excluding carboxylic acids is 3. The maximum absolute atomic E-state index is 13.0. The van der Waals surface area contributed by atoms with Gasteiger partial charge in [-0.05, 0) is 48.1 Å². The van der Waals surface area contributed by atoms with Crippen LogP contribution in [-0.2, 0) is 14.4 Å². The van der Waals surface area contributed by atoms with Crippen molar-refractivity contribution < 1.29 is 23.9 Å². The molecule has 2 aromatic carbocycles. The van der Waals surface area contributed by atoms with Crippen LogP contribution in [0.5, 0.6) is 11.5 Å². The first kappa shape index (κ1) is 21.3. The number of anilines is 1. The summed E-state index contributed by atoms with van der Waals surface area (Å²) in [5.74, 6) is -1.58. The van der Waals surface area contributed by atoms with Gasteiger partial charge in [-0.3, -0.25) is 24.6 Å². The summed E-state index contributed by atoms with van der Waals surface area (Å²) < 4.78 is 10.5. The number of nitrogens with two attached hydrogens (primary N) is 1. The van der Waals surface area contributed by atoms with Gasteiger partial charge in [0.05, 0.1) is 17.8 Å². The minimum atomic E-state index is -0.680. The molecule has 10 heteroatoms. The minimum absolute atomic E-state index is 0.0147.